The highest BCUT2D eigenvalue weighted by Gasteiger charge is 2.25. The summed E-state index contributed by atoms with van der Waals surface area (Å²) in [7, 11) is 3.83. The maximum Gasteiger partial charge on any atom is 0.142 e. The number of Topliss-reactive ketones (excluding diaryl/α,β-unsaturated/α-hetero) is 1. The molecule has 0 unspecified atom stereocenters. The van der Waals surface area contributed by atoms with Crippen LogP contribution in [0.25, 0.3) is 0 Å². The number of ether oxygens (including phenoxy) is 1. The lowest BCUT2D eigenvalue weighted by atomic mass is 9.92. The van der Waals surface area contributed by atoms with Crippen LogP contribution >= 0.6 is 0 Å². The summed E-state index contributed by atoms with van der Waals surface area (Å²) in [6.45, 7) is 4.20. The number of methoxy groups -OCH3 is 1. The molecule has 1 fully saturated rings. The zero-order valence-electron chi connectivity index (χ0n) is 12.3. The minimum Gasteiger partial charge on any atom is -0.495 e. The van der Waals surface area contributed by atoms with E-state index in [-0.39, 0.29) is 0 Å². The predicted molar refractivity (Wildman–Crippen MR) is 78.1 cm³/mol. The van der Waals surface area contributed by atoms with Crippen LogP contribution in [0.15, 0.2) is 12.1 Å². The fourth-order valence-electron chi connectivity index (χ4n) is 3.02. The van der Waals surface area contributed by atoms with Crippen LogP contribution in [0.5, 0.6) is 5.75 Å². The molecule has 1 saturated carbocycles. The summed E-state index contributed by atoms with van der Waals surface area (Å²) in [6, 6.07) is 4.70. The van der Waals surface area contributed by atoms with Crippen LogP contribution in [-0.2, 0) is 4.79 Å². The van der Waals surface area contributed by atoms with E-state index in [2.05, 4.69) is 37.9 Å². The van der Waals surface area contributed by atoms with Gasteiger partial charge in [-0.1, -0.05) is 6.07 Å². The molecule has 0 aromatic heterocycles. The number of carbonyl (C=O) groups is 1. The van der Waals surface area contributed by atoms with Gasteiger partial charge in [-0.15, -0.1) is 0 Å². The number of nitrogens with zero attached hydrogens (tertiary/aromatic N) is 1. The lowest BCUT2D eigenvalue weighted by Crippen LogP contribution is -2.35. The fraction of sp³-hybridized carbons (Fsp3) is 0.562. The van der Waals surface area contributed by atoms with Crippen molar-refractivity contribution in [3.05, 3.63) is 23.3 Å². The molecule has 2 rings (SSSR count). The fourth-order valence-corrected chi connectivity index (χ4v) is 3.02. The lowest BCUT2D eigenvalue weighted by molar-refractivity contribution is -0.120. The number of hydrogen-bond acceptors (Lipinski definition) is 3. The van der Waals surface area contributed by atoms with Gasteiger partial charge < -0.3 is 9.64 Å². The van der Waals surface area contributed by atoms with Gasteiger partial charge in [0, 0.05) is 25.9 Å². The first-order valence-electron chi connectivity index (χ1n) is 6.92. The molecule has 0 radical (unpaired) electrons. The SMILES string of the molecule is COc1cc(C)cc(C)c1N(C)C1CCC(=O)CC1. The van der Waals surface area contributed by atoms with Crippen molar-refractivity contribution in [1.82, 2.24) is 0 Å². The molecule has 0 heterocycles. The van der Waals surface area contributed by atoms with Gasteiger partial charge in [-0.2, -0.15) is 0 Å². The molecule has 0 saturated heterocycles. The van der Waals surface area contributed by atoms with Gasteiger partial charge in [0.25, 0.3) is 0 Å². The van der Waals surface area contributed by atoms with Gasteiger partial charge in [-0.25, -0.2) is 0 Å². The van der Waals surface area contributed by atoms with E-state index in [1.807, 2.05) is 0 Å². The van der Waals surface area contributed by atoms with E-state index < -0.39 is 0 Å². The molecule has 3 nitrogen and oxygen atoms in total. The van der Waals surface area contributed by atoms with E-state index in [9.17, 15) is 4.79 Å². The third kappa shape index (κ3) is 2.91. The summed E-state index contributed by atoms with van der Waals surface area (Å²) in [4.78, 5) is 13.7. The molecule has 1 aliphatic carbocycles. The monoisotopic (exact) mass is 261 g/mol. The molecule has 1 aliphatic rings. The van der Waals surface area contributed by atoms with Crippen molar-refractivity contribution in [3.63, 3.8) is 0 Å². The zero-order valence-corrected chi connectivity index (χ0v) is 12.3. The summed E-state index contributed by atoms with van der Waals surface area (Å²) in [5, 5.41) is 0. The van der Waals surface area contributed by atoms with Gasteiger partial charge in [0.1, 0.15) is 11.5 Å². The van der Waals surface area contributed by atoms with Crippen molar-refractivity contribution in [2.24, 2.45) is 0 Å². The molecule has 1 aromatic carbocycles. The number of carbonyl (C=O) groups excluding carboxylic acids is 1. The van der Waals surface area contributed by atoms with Crippen molar-refractivity contribution in [3.8, 4) is 5.75 Å². The third-order valence-electron chi connectivity index (χ3n) is 4.04. The van der Waals surface area contributed by atoms with Crippen LogP contribution in [0.4, 0.5) is 5.69 Å². The molecule has 0 spiro atoms. The summed E-state index contributed by atoms with van der Waals surface area (Å²) in [6.07, 6.45) is 3.32. The summed E-state index contributed by atoms with van der Waals surface area (Å²) in [5.41, 5.74) is 3.61. The van der Waals surface area contributed by atoms with E-state index in [0.717, 1.165) is 24.3 Å². The molecular weight excluding hydrogens is 238 g/mol. The Hall–Kier alpha value is -1.51. The Balaban J connectivity index is 2.27. The molecule has 0 amide bonds. The second-order valence-corrected chi connectivity index (χ2v) is 5.51. The van der Waals surface area contributed by atoms with Crippen LogP contribution in [0.1, 0.15) is 36.8 Å². The van der Waals surface area contributed by atoms with Crippen LogP contribution in [0.2, 0.25) is 0 Å². The van der Waals surface area contributed by atoms with E-state index in [1.54, 1.807) is 7.11 Å². The highest BCUT2D eigenvalue weighted by atomic mass is 16.5. The van der Waals surface area contributed by atoms with Crippen molar-refractivity contribution in [2.75, 3.05) is 19.1 Å². The Morgan fingerprint density at radius 2 is 1.84 bits per heavy atom. The highest BCUT2D eigenvalue weighted by molar-refractivity contribution is 5.79. The first-order chi connectivity index (χ1) is 9.02. The Morgan fingerprint density at radius 3 is 2.42 bits per heavy atom. The van der Waals surface area contributed by atoms with Crippen LogP contribution < -0.4 is 9.64 Å². The summed E-state index contributed by atoms with van der Waals surface area (Å²) >= 11 is 0. The van der Waals surface area contributed by atoms with Gasteiger partial charge >= 0.3 is 0 Å². The first kappa shape index (κ1) is 13.9. The molecule has 19 heavy (non-hydrogen) atoms. The van der Waals surface area contributed by atoms with Gasteiger partial charge in [-0.05, 0) is 43.9 Å². The second-order valence-electron chi connectivity index (χ2n) is 5.51. The quantitative estimate of drug-likeness (QED) is 0.836. The maximum atomic E-state index is 11.4. The Morgan fingerprint density at radius 1 is 1.21 bits per heavy atom. The Kier molecular flexibility index (Phi) is 4.13. The minimum atomic E-state index is 0.400. The number of hydrogen-bond donors (Lipinski definition) is 0. The molecule has 104 valence electrons. The van der Waals surface area contributed by atoms with Crippen LogP contribution in [0.3, 0.4) is 0 Å². The minimum absolute atomic E-state index is 0.400. The van der Waals surface area contributed by atoms with Crippen molar-refractivity contribution in [2.45, 2.75) is 45.6 Å². The van der Waals surface area contributed by atoms with Crippen LogP contribution in [-0.4, -0.2) is 26.0 Å². The molecule has 0 bridgehead atoms. The van der Waals surface area contributed by atoms with Gasteiger partial charge in [0.2, 0.25) is 0 Å². The van der Waals surface area contributed by atoms with Gasteiger partial charge in [0.15, 0.2) is 0 Å². The number of benzene rings is 1. The van der Waals surface area contributed by atoms with Gasteiger partial charge in [0.05, 0.1) is 12.8 Å². The highest BCUT2D eigenvalue weighted by Crippen LogP contribution is 2.35. The number of anilines is 1. The molecule has 0 N–H and O–H groups in total. The standard InChI is InChI=1S/C16H23NO2/c1-11-9-12(2)16(15(10-11)19-4)17(3)13-5-7-14(18)8-6-13/h9-10,13H,5-8H2,1-4H3. The average Bonchev–Trinajstić information content (AvgIpc) is 2.38. The predicted octanol–water partition coefficient (Wildman–Crippen LogP) is 3.26. The zero-order chi connectivity index (χ0) is 14.0. The second kappa shape index (κ2) is 5.64. The number of ketones is 1. The van der Waals surface area contributed by atoms with E-state index in [1.165, 1.54) is 11.1 Å². The first-order valence-corrected chi connectivity index (χ1v) is 6.92. The lowest BCUT2D eigenvalue weighted by Gasteiger charge is -2.34. The Labute approximate surface area is 115 Å². The number of aryl methyl sites for hydroxylation is 2. The average molecular weight is 261 g/mol. The smallest absolute Gasteiger partial charge is 0.142 e. The summed E-state index contributed by atoms with van der Waals surface area (Å²) < 4.78 is 5.53. The largest absolute Gasteiger partial charge is 0.495 e. The topological polar surface area (TPSA) is 29.5 Å². The maximum absolute atomic E-state index is 11.4. The Bertz CT molecular complexity index is 472. The summed E-state index contributed by atoms with van der Waals surface area (Å²) in [5.74, 6) is 1.33. The molecule has 3 heteroatoms. The van der Waals surface area contributed by atoms with Crippen molar-refractivity contribution in [1.29, 1.82) is 0 Å². The van der Waals surface area contributed by atoms with Crippen molar-refractivity contribution < 1.29 is 9.53 Å². The van der Waals surface area contributed by atoms with E-state index in [0.29, 0.717) is 24.7 Å². The molecular formula is C16H23NO2. The van der Waals surface area contributed by atoms with Gasteiger partial charge in [-0.3, -0.25) is 4.79 Å². The van der Waals surface area contributed by atoms with E-state index >= 15 is 0 Å². The molecule has 1 aromatic rings. The molecule has 0 atom stereocenters. The van der Waals surface area contributed by atoms with Crippen LogP contribution in [0, 0.1) is 13.8 Å². The van der Waals surface area contributed by atoms with E-state index in [4.69, 9.17) is 4.74 Å². The number of rotatable bonds is 3. The van der Waals surface area contributed by atoms with Crippen molar-refractivity contribution >= 4 is 11.5 Å². The normalized spacial score (nSPS) is 16.5. The molecule has 0 aliphatic heterocycles. The third-order valence-corrected chi connectivity index (χ3v) is 4.04.